The van der Waals surface area contributed by atoms with Crippen LogP contribution in [-0.2, 0) is 0 Å². The number of benzene rings is 2. The molecule has 108 valence electrons. The lowest BCUT2D eigenvalue weighted by Gasteiger charge is -2.14. The van der Waals surface area contributed by atoms with Crippen molar-refractivity contribution in [3.63, 3.8) is 0 Å². The van der Waals surface area contributed by atoms with Crippen LogP contribution in [0.25, 0.3) is 32.7 Å². The van der Waals surface area contributed by atoms with E-state index in [1.165, 1.54) is 11.3 Å². The fourth-order valence-electron chi connectivity index (χ4n) is 2.62. The molecule has 3 N–H and O–H groups in total. The van der Waals surface area contributed by atoms with Crippen LogP contribution in [0.4, 0.5) is 5.69 Å². The summed E-state index contributed by atoms with van der Waals surface area (Å²) < 4.78 is 6.69. The van der Waals surface area contributed by atoms with Gasteiger partial charge < -0.3 is 15.6 Å². The average Bonchev–Trinajstić information content (AvgIpc) is 2.90. The van der Waals surface area contributed by atoms with E-state index in [1.807, 2.05) is 36.4 Å². The van der Waals surface area contributed by atoms with Crippen molar-refractivity contribution in [3.05, 3.63) is 58.2 Å². The van der Waals surface area contributed by atoms with E-state index >= 15 is 0 Å². The minimum absolute atomic E-state index is 0.412. The molecule has 1 aromatic carbocycles. The molecule has 1 aromatic heterocycles. The zero-order chi connectivity index (χ0) is 15.3. The standard InChI is InChI=1S/C17H11ClN2OS/c18-16-6-5-15(22-16)17-11-3-1-9(19)7-13(11)21-14-8-10(20)2-4-12(14)17/h1-8,19H,20H2. The van der Waals surface area contributed by atoms with Gasteiger partial charge in [-0.3, -0.25) is 0 Å². The van der Waals surface area contributed by atoms with Crippen LogP contribution in [0.1, 0.15) is 0 Å². The van der Waals surface area contributed by atoms with Crippen LogP contribution in [0, 0.1) is 5.41 Å². The molecule has 0 spiro atoms. The Labute approximate surface area is 135 Å². The Morgan fingerprint density at radius 1 is 1.05 bits per heavy atom. The van der Waals surface area contributed by atoms with Crippen LogP contribution in [0.3, 0.4) is 0 Å². The van der Waals surface area contributed by atoms with E-state index in [0.717, 1.165) is 25.7 Å². The van der Waals surface area contributed by atoms with Crippen molar-refractivity contribution in [1.82, 2.24) is 0 Å². The number of thiophene rings is 1. The molecule has 0 fully saturated rings. The van der Waals surface area contributed by atoms with Gasteiger partial charge in [0.05, 0.1) is 9.69 Å². The Hall–Kier alpha value is -2.30. The van der Waals surface area contributed by atoms with Gasteiger partial charge in [-0.2, -0.15) is 0 Å². The van der Waals surface area contributed by atoms with Crippen LogP contribution in [0.15, 0.2) is 52.9 Å². The number of nitrogens with two attached hydrogens (primary N) is 1. The quantitative estimate of drug-likeness (QED) is 0.382. The Morgan fingerprint density at radius 3 is 2.68 bits per heavy atom. The summed E-state index contributed by atoms with van der Waals surface area (Å²) in [5.74, 6) is 0.671. The van der Waals surface area contributed by atoms with Crippen LogP contribution in [-0.4, -0.2) is 0 Å². The first-order valence-electron chi connectivity index (χ1n) is 6.68. The van der Waals surface area contributed by atoms with E-state index in [-0.39, 0.29) is 0 Å². The number of rotatable bonds is 1. The third kappa shape index (κ3) is 2.08. The number of anilines is 1. The SMILES string of the molecule is N=c1ccc2c(-c3ccc(Cl)s3)c3ccc(N)cc3oc-2c1. The Kier molecular flexibility index (Phi) is 2.96. The summed E-state index contributed by atoms with van der Waals surface area (Å²) in [7, 11) is 0. The van der Waals surface area contributed by atoms with Crippen LogP contribution in [0.2, 0.25) is 4.34 Å². The van der Waals surface area contributed by atoms with E-state index in [4.69, 9.17) is 27.2 Å². The molecule has 1 aliphatic carbocycles. The topological polar surface area (TPSA) is 63.0 Å². The predicted octanol–water partition coefficient (Wildman–Crippen LogP) is 4.98. The van der Waals surface area contributed by atoms with Gasteiger partial charge in [0.15, 0.2) is 0 Å². The number of nitrogen functional groups attached to an aromatic ring is 1. The van der Waals surface area contributed by atoms with Gasteiger partial charge in [-0.1, -0.05) is 11.6 Å². The highest BCUT2D eigenvalue weighted by Gasteiger charge is 2.18. The fourth-order valence-corrected chi connectivity index (χ4v) is 3.74. The highest BCUT2D eigenvalue weighted by molar-refractivity contribution is 7.19. The normalized spacial score (nSPS) is 11.3. The second-order valence-corrected chi connectivity index (χ2v) is 6.76. The average molecular weight is 327 g/mol. The van der Waals surface area contributed by atoms with Gasteiger partial charge in [-0.05, 0) is 36.4 Å². The van der Waals surface area contributed by atoms with Crippen molar-refractivity contribution in [2.75, 3.05) is 5.73 Å². The van der Waals surface area contributed by atoms with E-state index in [9.17, 15) is 0 Å². The number of fused-ring (bicyclic) bond motifs is 2. The number of nitrogens with one attached hydrogen (secondary N) is 1. The molecule has 0 saturated heterocycles. The van der Waals surface area contributed by atoms with Crippen LogP contribution >= 0.6 is 22.9 Å². The van der Waals surface area contributed by atoms with Crippen molar-refractivity contribution in [2.45, 2.75) is 0 Å². The summed E-state index contributed by atoms with van der Waals surface area (Å²) >= 11 is 7.63. The van der Waals surface area contributed by atoms with Gasteiger partial charge in [0.2, 0.25) is 0 Å². The van der Waals surface area contributed by atoms with Crippen molar-refractivity contribution >= 4 is 39.6 Å². The largest absolute Gasteiger partial charge is 0.456 e. The highest BCUT2D eigenvalue weighted by Crippen LogP contribution is 2.43. The molecule has 0 bridgehead atoms. The maximum absolute atomic E-state index is 7.80. The van der Waals surface area contributed by atoms with Gasteiger partial charge in [-0.25, -0.2) is 0 Å². The van der Waals surface area contributed by atoms with Gasteiger partial charge in [0.1, 0.15) is 11.3 Å². The minimum Gasteiger partial charge on any atom is -0.456 e. The number of hydrogen-bond donors (Lipinski definition) is 2. The van der Waals surface area contributed by atoms with E-state index in [2.05, 4.69) is 0 Å². The Morgan fingerprint density at radius 2 is 1.91 bits per heavy atom. The van der Waals surface area contributed by atoms with Crippen molar-refractivity contribution in [2.24, 2.45) is 0 Å². The summed E-state index contributed by atoms with van der Waals surface area (Å²) in [4.78, 5) is 1.07. The van der Waals surface area contributed by atoms with E-state index in [1.54, 1.807) is 12.1 Å². The first kappa shape index (κ1) is 13.4. The smallest absolute Gasteiger partial charge is 0.137 e. The van der Waals surface area contributed by atoms with Crippen molar-refractivity contribution in [3.8, 4) is 21.8 Å². The number of hydrogen-bond acceptors (Lipinski definition) is 4. The van der Waals surface area contributed by atoms with Gasteiger partial charge >= 0.3 is 0 Å². The molecule has 0 unspecified atom stereocenters. The molecular formula is C17H11ClN2OS. The molecule has 0 amide bonds. The van der Waals surface area contributed by atoms with Crippen molar-refractivity contribution < 1.29 is 4.42 Å². The first-order chi connectivity index (χ1) is 10.6. The summed E-state index contributed by atoms with van der Waals surface area (Å²) in [6, 6.07) is 14.9. The van der Waals surface area contributed by atoms with Gasteiger partial charge in [-0.15, -0.1) is 11.3 Å². The molecule has 0 saturated carbocycles. The second-order valence-electron chi connectivity index (χ2n) is 5.05. The third-order valence-electron chi connectivity index (χ3n) is 3.57. The fraction of sp³-hybridized carbons (Fsp3) is 0. The molecule has 2 aliphatic rings. The van der Waals surface area contributed by atoms with E-state index < -0.39 is 0 Å². The molecular weight excluding hydrogens is 316 g/mol. The second kappa shape index (κ2) is 4.87. The van der Waals surface area contributed by atoms with Gasteiger partial charge in [0.25, 0.3) is 0 Å². The maximum Gasteiger partial charge on any atom is 0.137 e. The van der Waals surface area contributed by atoms with Crippen molar-refractivity contribution in [1.29, 1.82) is 5.41 Å². The molecule has 0 atom stereocenters. The summed E-state index contributed by atoms with van der Waals surface area (Å²) in [6.07, 6.45) is 0. The molecule has 5 heteroatoms. The maximum atomic E-state index is 7.80. The molecule has 3 nitrogen and oxygen atoms in total. The summed E-state index contributed by atoms with van der Waals surface area (Å²) in [5.41, 5.74) is 9.26. The Bertz CT molecular complexity index is 1030. The predicted molar refractivity (Wildman–Crippen MR) is 91.4 cm³/mol. The zero-order valence-corrected chi connectivity index (χ0v) is 13.0. The molecule has 0 radical (unpaired) electrons. The number of halogens is 1. The molecule has 4 rings (SSSR count). The first-order valence-corrected chi connectivity index (χ1v) is 7.88. The summed E-state index contributed by atoms with van der Waals surface area (Å²) in [5, 5.41) is 9.20. The molecule has 2 aromatic rings. The van der Waals surface area contributed by atoms with Gasteiger partial charge in [0, 0.05) is 39.2 Å². The lowest BCUT2D eigenvalue weighted by Crippen LogP contribution is -1.99. The van der Waals surface area contributed by atoms with Crippen LogP contribution < -0.4 is 11.1 Å². The summed E-state index contributed by atoms with van der Waals surface area (Å²) in [6.45, 7) is 0. The molecule has 1 aliphatic heterocycles. The molecule has 2 heterocycles. The monoisotopic (exact) mass is 326 g/mol. The van der Waals surface area contributed by atoms with E-state index in [0.29, 0.717) is 22.4 Å². The van der Waals surface area contributed by atoms with Crippen LogP contribution in [0.5, 0.6) is 0 Å². The third-order valence-corrected chi connectivity index (χ3v) is 4.81. The molecule has 22 heavy (non-hydrogen) atoms. The lowest BCUT2D eigenvalue weighted by molar-refractivity contribution is 0.619. The lowest BCUT2D eigenvalue weighted by atomic mass is 9.98. The Balaban J connectivity index is 2.20. The minimum atomic E-state index is 0.412. The zero-order valence-electron chi connectivity index (χ0n) is 11.4. The highest BCUT2D eigenvalue weighted by atomic mass is 35.5.